The molecule has 76 valence electrons. The Morgan fingerprint density at radius 1 is 1.36 bits per heavy atom. The molecule has 0 aliphatic heterocycles. The summed E-state index contributed by atoms with van der Waals surface area (Å²) in [5, 5.41) is 0. The van der Waals surface area contributed by atoms with Gasteiger partial charge in [-0.15, -0.1) is 0 Å². The minimum atomic E-state index is 0.298. The van der Waals surface area contributed by atoms with Crippen LogP contribution in [0.25, 0.3) is 0 Å². The van der Waals surface area contributed by atoms with Gasteiger partial charge in [0.25, 0.3) is 0 Å². The maximum atomic E-state index is 10.6. The highest BCUT2D eigenvalue weighted by atomic mass is 16.1. The first-order chi connectivity index (χ1) is 6.90. The van der Waals surface area contributed by atoms with Crippen molar-refractivity contribution >= 4 is 6.29 Å². The van der Waals surface area contributed by atoms with Crippen LogP contribution in [-0.2, 0) is 4.79 Å². The molecule has 2 atom stereocenters. The molecule has 2 aliphatic rings. The molecule has 2 aliphatic carbocycles. The molecular weight excluding hydrogens is 172 g/mol. The Kier molecular flexibility index (Phi) is 3.18. The molecule has 0 heterocycles. The monoisotopic (exact) mass is 190 g/mol. The Labute approximate surface area is 85.9 Å². The average Bonchev–Trinajstić information content (AvgIpc) is 2.30. The van der Waals surface area contributed by atoms with E-state index in [9.17, 15) is 4.79 Å². The van der Waals surface area contributed by atoms with Crippen molar-refractivity contribution < 1.29 is 4.79 Å². The van der Waals surface area contributed by atoms with Gasteiger partial charge in [0, 0.05) is 5.92 Å². The molecule has 0 aromatic rings. The van der Waals surface area contributed by atoms with E-state index in [0.717, 1.165) is 25.5 Å². The molecule has 2 unspecified atom stereocenters. The van der Waals surface area contributed by atoms with Gasteiger partial charge in [0.05, 0.1) is 0 Å². The second kappa shape index (κ2) is 4.59. The summed E-state index contributed by atoms with van der Waals surface area (Å²) in [4.78, 5) is 10.6. The number of aldehydes is 1. The molecule has 1 nitrogen and oxygen atoms in total. The van der Waals surface area contributed by atoms with Crippen LogP contribution in [0, 0.1) is 11.8 Å². The lowest BCUT2D eigenvalue weighted by molar-refractivity contribution is -0.111. The molecule has 0 aromatic carbocycles. The molecule has 0 saturated carbocycles. The largest absolute Gasteiger partial charge is 0.303 e. The van der Waals surface area contributed by atoms with Crippen molar-refractivity contribution in [2.24, 2.45) is 11.8 Å². The van der Waals surface area contributed by atoms with Crippen molar-refractivity contribution in [3.8, 4) is 0 Å². The van der Waals surface area contributed by atoms with E-state index in [1.54, 1.807) is 5.57 Å². The van der Waals surface area contributed by atoms with Gasteiger partial charge in [0.1, 0.15) is 6.29 Å². The summed E-state index contributed by atoms with van der Waals surface area (Å²) in [7, 11) is 0. The first kappa shape index (κ1) is 9.70. The SMILES string of the molecule is O=CC1CC=C(C2C=CCCC2)CC1. The topological polar surface area (TPSA) is 17.1 Å². The van der Waals surface area contributed by atoms with Gasteiger partial charge in [0.2, 0.25) is 0 Å². The van der Waals surface area contributed by atoms with Crippen LogP contribution in [-0.4, -0.2) is 6.29 Å². The van der Waals surface area contributed by atoms with Gasteiger partial charge in [-0.2, -0.15) is 0 Å². The lowest BCUT2D eigenvalue weighted by Gasteiger charge is -2.24. The summed E-state index contributed by atoms with van der Waals surface area (Å²) < 4.78 is 0. The molecule has 0 aromatic heterocycles. The van der Waals surface area contributed by atoms with Crippen LogP contribution in [0.2, 0.25) is 0 Å². The molecule has 0 saturated heterocycles. The fourth-order valence-electron chi connectivity index (χ4n) is 2.46. The lowest BCUT2D eigenvalue weighted by Crippen LogP contribution is -2.12. The first-order valence-corrected chi connectivity index (χ1v) is 5.71. The minimum Gasteiger partial charge on any atom is -0.303 e. The predicted molar refractivity (Wildman–Crippen MR) is 58.0 cm³/mol. The summed E-state index contributed by atoms with van der Waals surface area (Å²) in [6, 6.07) is 0. The van der Waals surface area contributed by atoms with E-state index >= 15 is 0 Å². The summed E-state index contributed by atoms with van der Waals surface area (Å²) >= 11 is 0. The third-order valence-electron chi connectivity index (χ3n) is 3.41. The predicted octanol–water partition coefficient (Wildman–Crippen LogP) is 3.27. The van der Waals surface area contributed by atoms with E-state index in [-0.39, 0.29) is 0 Å². The van der Waals surface area contributed by atoms with Gasteiger partial charge >= 0.3 is 0 Å². The molecule has 0 amide bonds. The van der Waals surface area contributed by atoms with E-state index in [2.05, 4.69) is 18.2 Å². The quantitative estimate of drug-likeness (QED) is 0.482. The van der Waals surface area contributed by atoms with Crippen LogP contribution in [0.15, 0.2) is 23.8 Å². The van der Waals surface area contributed by atoms with Crippen LogP contribution in [0.3, 0.4) is 0 Å². The second-order valence-corrected chi connectivity index (χ2v) is 4.42. The van der Waals surface area contributed by atoms with Crippen molar-refractivity contribution in [2.45, 2.75) is 38.5 Å². The summed E-state index contributed by atoms with van der Waals surface area (Å²) in [5.41, 5.74) is 1.58. The van der Waals surface area contributed by atoms with Crippen LogP contribution in [0.1, 0.15) is 38.5 Å². The first-order valence-electron chi connectivity index (χ1n) is 5.71. The smallest absolute Gasteiger partial charge is 0.123 e. The van der Waals surface area contributed by atoms with Gasteiger partial charge in [-0.3, -0.25) is 0 Å². The average molecular weight is 190 g/mol. The Morgan fingerprint density at radius 2 is 2.29 bits per heavy atom. The highest BCUT2D eigenvalue weighted by molar-refractivity contribution is 5.54. The highest BCUT2D eigenvalue weighted by Crippen LogP contribution is 2.32. The Balaban J connectivity index is 1.98. The van der Waals surface area contributed by atoms with Crippen LogP contribution in [0.5, 0.6) is 0 Å². The maximum Gasteiger partial charge on any atom is 0.123 e. The zero-order valence-electron chi connectivity index (χ0n) is 8.61. The molecule has 0 fully saturated rings. The molecule has 0 bridgehead atoms. The van der Waals surface area contributed by atoms with E-state index in [1.807, 2.05) is 0 Å². The Hall–Kier alpha value is -0.850. The lowest BCUT2D eigenvalue weighted by atomic mass is 9.81. The second-order valence-electron chi connectivity index (χ2n) is 4.42. The van der Waals surface area contributed by atoms with Crippen molar-refractivity contribution in [1.82, 2.24) is 0 Å². The van der Waals surface area contributed by atoms with Crippen LogP contribution in [0.4, 0.5) is 0 Å². The molecular formula is C13H18O. The van der Waals surface area contributed by atoms with Crippen molar-refractivity contribution in [2.75, 3.05) is 0 Å². The molecule has 1 heteroatoms. The van der Waals surface area contributed by atoms with Gasteiger partial charge in [0.15, 0.2) is 0 Å². The van der Waals surface area contributed by atoms with Crippen molar-refractivity contribution in [3.05, 3.63) is 23.8 Å². The Morgan fingerprint density at radius 3 is 2.86 bits per heavy atom. The minimum absolute atomic E-state index is 0.298. The number of hydrogen-bond acceptors (Lipinski definition) is 1. The number of carbonyl (C=O) groups excluding carboxylic acids is 1. The zero-order chi connectivity index (χ0) is 9.80. The van der Waals surface area contributed by atoms with E-state index < -0.39 is 0 Å². The standard InChI is InChI=1S/C13H18O/c14-10-11-6-8-13(9-7-11)12-4-2-1-3-5-12/h2,4,8,10-12H,1,3,5-7,9H2. The summed E-state index contributed by atoms with van der Waals surface area (Å²) in [6.07, 6.45) is 15.2. The number of carbonyl (C=O) groups is 1. The van der Waals surface area contributed by atoms with Gasteiger partial charge in [-0.25, -0.2) is 0 Å². The van der Waals surface area contributed by atoms with Crippen molar-refractivity contribution in [3.63, 3.8) is 0 Å². The van der Waals surface area contributed by atoms with E-state index in [0.29, 0.717) is 11.8 Å². The van der Waals surface area contributed by atoms with Crippen LogP contribution < -0.4 is 0 Å². The molecule has 14 heavy (non-hydrogen) atoms. The van der Waals surface area contributed by atoms with Gasteiger partial charge < -0.3 is 4.79 Å². The van der Waals surface area contributed by atoms with Gasteiger partial charge in [-0.1, -0.05) is 23.8 Å². The summed E-state index contributed by atoms with van der Waals surface area (Å²) in [5.74, 6) is 0.989. The molecule has 2 rings (SSSR count). The third-order valence-corrected chi connectivity index (χ3v) is 3.41. The highest BCUT2D eigenvalue weighted by Gasteiger charge is 2.19. The Bertz CT molecular complexity index is 262. The fraction of sp³-hybridized carbons (Fsp3) is 0.615. The van der Waals surface area contributed by atoms with Crippen molar-refractivity contribution in [1.29, 1.82) is 0 Å². The van der Waals surface area contributed by atoms with Gasteiger partial charge in [-0.05, 0) is 44.4 Å². The molecule has 0 radical (unpaired) electrons. The fourth-order valence-corrected chi connectivity index (χ4v) is 2.46. The molecule has 0 N–H and O–H groups in total. The third kappa shape index (κ3) is 2.14. The number of hydrogen-bond donors (Lipinski definition) is 0. The van der Waals surface area contributed by atoms with E-state index in [1.165, 1.54) is 19.3 Å². The van der Waals surface area contributed by atoms with Crippen LogP contribution >= 0.6 is 0 Å². The normalized spacial score (nSPS) is 32.4. The molecule has 0 spiro atoms. The maximum absolute atomic E-state index is 10.6. The zero-order valence-corrected chi connectivity index (χ0v) is 8.61. The number of rotatable bonds is 2. The summed E-state index contributed by atoms with van der Waals surface area (Å²) in [6.45, 7) is 0. The number of allylic oxidation sites excluding steroid dienone is 4. The van der Waals surface area contributed by atoms with E-state index in [4.69, 9.17) is 0 Å².